The maximum atomic E-state index is 11.9. The molecule has 0 atom stereocenters. The molecule has 0 aliphatic rings. The number of hydrogen-bond acceptors (Lipinski definition) is 5. The van der Waals surface area contributed by atoms with E-state index in [-0.39, 0.29) is 0 Å². The van der Waals surface area contributed by atoms with Gasteiger partial charge in [-0.15, -0.1) is 0 Å². The van der Waals surface area contributed by atoms with Crippen molar-refractivity contribution in [1.29, 1.82) is 0 Å². The molecule has 0 fully saturated rings. The van der Waals surface area contributed by atoms with Crippen LogP contribution in [0.3, 0.4) is 0 Å². The van der Waals surface area contributed by atoms with Gasteiger partial charge in [0.25, 0.3) is 5.91 Å². The first-order valence-corrected chi connectivity index (χ1v) is 6.95. The number of carbonyl (C=O) groups excluding carboxylic acids is 2. The summed E-state index contributed by atoms with van der Waals surface area (Å²) in [5, 5.41) is 14.6. The van der Waals surface area contributed by atoms with Crippen LogP contribution in [-0.2, 0) is 4.79 Å². The third kappa shape index (κ3) is 4.82. The number of carboxylic acids is 1. The van der Waals surface area contributed by atoms with Crippen LogP contribution in [0.4, 0.5) is 0 Å². The van der Waals surface area contributed by atoms with Crippen molar-refractivity contribution < 1.29 is 19.4 Å². The highest BCUT2D eigenvalue weighted by molar-refractivity contribution is 6.33. The third-order valence-electron chi connectivity index (χ3n) is 2.75. The smallest absolute Gasteiger partial charge is 0.272 e. The van der Waals surface area contributed by atoms with Gasteiger partial charge in [0.2, 0.25) is 0 Å². The number of aliphatic carboxylic acids is 1. The van der Waals surface area contributed by atoms with Crippen LogP contribution in [0.25, 0.3) is 0 Å². The molecular formula is C16H12ClN2O4-. The normalized spacial score (nSPS) is 10.5. The molecule has 0 aliphatic heterocycles. The quantitative estimate of drug-likeness (QED) is 0.636. The summed E-state index contributed by atoms with van der Waals surface area (Å²) in [6.07, 6.45) is 1.35. The summed E-state index contributed by atoms with van der Waals surface area (Å²) in [6, 6.07) is 13.2. The van der Waals surface area contributed by atoms with E-state index in [1.165, 1.54) is 6.21 Å². The van der Waals surface area contributed by atoms with Crippen molar-refractivity contribution in [2.75, 3.05) is 6.61 Å². The molecule has 2 rings (SSSR count). The summed E-state index contributed by atoms with van der Waals surface area (Å²) in [7, 11) is 0. The Kier molecular flexibility index (Phi) is 5.71. The Labute approximate surface area is 137 Å². The first-order chi connectivity index (χ1) is 11.1. The van der Waals surface area contributed by atoms with Gasteiger partial charge < -0.3 is 14.6 Å². The molecule has 0 spiro atoms. The van der Waals surface area contributed by atoms with Crippen molar-refractivity contribution >= 4 is 29.7 Å². The molecule has 2 aromatic rings. The summed E-state index contributed by atoms with van der Waals surface area (Å²) < 4.78 is 5.07. The van der Waals surface area contributed by atoms with Gasteiger partial charge in [0.05, 0.1) is 22.8 Å². The molecule has 0 aliphatic carbocycles. The second-order valence-electron chi connectivity index (χ2n) is 4.38. The Morgan fingerprint density at radius 1 is 1.17 bits per heavy atom. The fraction of sp³-hybridized carbons (Fsp3) is 0.0625. The number of rotatable bonds is 6. The number of halogens is 1. The lowest BCUT2D eigenvalue weighted by Gasteiger charge is -2.09. The molecule has 0 radical (unpaired) electrons. The van der Waals surface area contributed by atoms with Crippen molar-refractivity contribution in [1.82, 2.24) is 5.43 Å². The predicted octanol–water partition coefficient (Wildman–Crippen LogP) is 1.23. The largest absolute Gasteiger partial charge is 0.546 e. The Morgan fingerprint density at radius 3 is 2.61 bits per heavy atom. The van der Waals surface area contributed by atoms with E-state index in [4.69, 9.17) is 16.3 Å². The fourth-order valence-electron chi connectivity index (χ4n) is 1.72. The van der Waals surface area contributed by atoms with Crippen molar-refractivity contribution in [3.05, 3.63) is 64.7 Å². The monoisotopic (exact) mass is 331 g/mol. The van der Waals surface area contributed by atoms with Crippen LogP contribution in [0.1, 0.15) is 15.9 Å². The summed E-state index contributed by atoms with van der Waals surface area (Å²) in [5.41, 5.74) is 3.15. The van der Waals surface area contributed by atoms with E-state index in [0.717, 1.165) is 0 Å². The summed E-state index contributed by atoms with van der Waals surface area (Å²) in [5.74, 6) is -1.48. The molecule has 6 nitrogen and oxygen atoms in total. The molecule has 0 aromatic heterocycles. The second kappa shape index (κ2) is 7.95. The van der Waals surface area contributed by atoms with Crippen molar-refractivity contribution in [2.45, 2.75) is 0 Å². The van der Waals surface area contributed by atoms with Crippen molar-refractivity contribution in [3.63, 3.8) is 0 Å². The van der Waals surface area contributed by atoms with E-state index >= 15 is 0 Å². The van der Waals surface area contributed by atoms with Crippen LogP contribution in [-0.4, -0.2) is 24.7 Å². The Morgan fingerprint density at radius 2 is 1.87 bits per heavy atom. The predicted molar refractivity (Wildman–Crippen MR) is 83.5 cm³/mol. The zero-order valence-electron chi connectivity index (χ0n) is 11.9. The average molecular weight is 332 g/mol. The van der Waals surface area contributed by atoms with E-state index in [1.54, 1.807) is 48.5 Å². The van der Waals surface area contributed by atoms with Gasteiger partial charge in [0.1, 0.15) is 12.4 Å². The molecule has 2 aromatic carbocycles. The van der Waals surface area contributed by atoms with Crippen molar-refractivity contribution in [3.8, 4) is 5.75 Å². The molecule has 7 heteroatoms. The lowest BCUT2D eigenvalue weighted by Crippen LogP contribution is -2.29. The van der Waals surface area contributed by atoms with E-state index < -0.39 is 18.5 Å². The van der Waals surface area contributed by atoms with E-state index in [1.807, 2.05) is 0 Å². The maximum absolute atomic E-state index is 11.9. The molecular weight excluding hydrogens is 320 g/mol. The Hall–Kier alpha value is -2.86. The molecule has 0 unspecified atom stereocenters. The van der Waals surface area contributed by atoms with Crippen molar-refractivity contribution in [2.24, 2.45) is 5.10 Å². The van der Waals surface area contributed by atoms with Crippen LogP contribution in [0.5, 0.6) is 5.75 Å². The summed E-state index contributed by atoms with van der Waals surface area (Å²) >= 11 is 5.92. The van der Waals surface area contributed by atoms with Crippen LogP contribution >= 0.6 is 11.6 Å². The topological polar surface area (TPSA) is 90.8 Å². The van der Waals surface area contributed by atoms with Crippen LogP contribution < -0.4 is 15.3 Å². The number of amides is 1. The fourth-order valence-corrected chi connectivity index (χ4v) is 1.94. The average Bonchev–Trinajstić information content (AvgIpc) is 2.54. The van der Waals surface area contributed by atoms with Gasteiger partial charge in [0.15, 0.2) is 0 Å². The number of hydrogen-bond donors (Lipinski definition) is 1. The Bertz CT molecular complexity index is 746. The van der Waals surface area contributed by atoms with Gasteiger partial charge in [-0.25, -0.2) is 5.43 Å². The van der Waals surface area contributed by atoms with Gasteiger partial charge in [-0.05, 0) is 24.3 Å². The highest BCUT2D eigenvalue weighted by Gasteiger charge is 2.08. The second-order valence-corrected chi connectivity index (χ2v) is 4.78. The molecule has 0 bridgehead atoms. The first kappa shape index (κ1) is 16.5. The molecule has 118 valence electrons. The lowest BCUT2D eigenvalue weighted by molar-refractivity contribution is -0.307. The minimum absolute atomic E-state index is 0.299. The minimum atomic E-state index is -1.33. The number of ether oxygens (including phenoxy) is 1. The molecule has 0 saturated heterocycles. The van der Waals surface area contributed by atoms with Gasteiger partial charge in [0, 0.05) is 5.56 Å². The highest BCUT2D eigenvalue weighted by Crippen LogP contribution is 2.16. The maximum Gasteiger partial charge on any atom is 0.272 e. The number of para-hydroxylation sites is 1. The minimum Gasteiger partial charge on any atom is -0.546 e. The van der Waals surface area contributed by atoms with Gasteiger partial charge in [-0.1, -0.05) is 35.9 Å². The molecule has 1 amide bonds. The summed E-state index contributed by atoms with van der Waals surface area (Å²) in [6.45, 7) is -0.573. The highest BCUT2D eigenvalue weighted by atomic mass is 35.5. The molecule has 0 saturated carbocycles. The van der Waals surface area contributed by atoms with Crippen LogP contribution in [0.2, 0.25) is 5.02 Å². The molecule has 1 N–H and O–H groups in total. The van der Waals surface area contributed by atoms with Gasteiger partial charge >= 0.3 is 0 Å². The van der Waals surface area contributed by atoms with Crippen LogP contribution in [0.15, 0.2) is 53.6 Å². The van der Waals surface area contributed by atoms with E-state index in [9.17, 15) is 14.7 Å². The number of nitrogens with one attached hydrogen (secondary N) is 1. The Balaban J connectivity index is 2.05. The van der Waals surface area contributed by atoms with Gasteiger partial charge in [-0.2, -0.15) is 5.10 Å². The number of nitrogens with zero attached hydrogens (tertiary/aromatic N) is 1. The summed E-state index contributed by atoms with van der Waals surface area (Å²) in [4.78, 5) is 22.4. The zero-order valence-corrected chi connectivity index (χ0v) is 12.6. The number of hydrazone groups is 1. The van der Waals surface area contributed by atoms with Gasteiger partial charge in [-0.3, -0.25) is 4.79 Å². The molecule has 0 heterocycles. The first-order valence-electron chi connectivity index (χ1n) is 6.57. The number of carbonyl (C=O) groups is 2. The number of benzene rings is 2. The van der Waals surface area contributed by atoms with E-state index in [0.29, 0.717) is 21.9 Å². The standard InChI is InChI=1S/C16H13ClN2O4/c17-13-7-3-2-6-12(13)16(22)19-18-9-11-5-1-4-8-14(11)23-10-15(20)21/h1-9H,10H2,(H,19,22)(H,20,21)/p-1/b18-9+. The zero-order chi connectivity index (χ0) is 16.7. The van der Waals surface area contributed by atoms with Crippen LogP contribution in [0, 0.1) is 0 Å². The number of carboxylic acid groups (broad SMARTS) is 1. The van der Waals surface area contributed by atoms with E-state index in [2.05, 4.69) is 10.5 Å². The lowest BCUT2D eigenvalue weighted by atomic mass is 10.2. The molecule has 23 heavy (non-hydrogen) atoms. The third-order valence-corrected chi connectivity index (χ3v) is 3.08. The SMILES string of the molecule is O=C([O-])COc1ccccc1/C=N/NC(=O)c1ccccc1Cl.